The first kappa shape index (κ1) is 18.4. The minimum Gasteiger partial charge on any atom is -0.465 e. The van der Waals surface area contributed by atoms with Crippen molar-refractivity contribution in [3.05, 3.63) is 82.7 Å². The van der Waals surface area contributed by atoms with Gasteiger partial charge in [-0.3, -0.25) is 9.48 Å². The predicted molar refractivity (Wildman–Crippen MR) is 103 cm³/mol. The number of carbonyl (C=O) groups excluding carboxylic acids is 2. The summed E-state index contributed by atoms with van der Waals surface area (Å²) >= 11 is 0. The molecule has 6 nitrogen and oxygen atoms in total. The minimum absolute atomic E-state index is 0.258. The average molecular weight is 363 g/mol. The van der Waals surface area contributed by atoms with Crippen LogP contribution >= 0.6 is 0 Å². The number of hydrogen-bond donors (Lipinski definition) is 1. The number of ether oxygens (including phenoxy) is 1. The predicted octanol–water partition coefficient (Wildman–Crippen LogP) is 3.59. The lowest BCUT2D eigenvalue weighted by molar-refractivity contribution is 0.0600. The molecule has 0 radical (unpaired) electrons. The molecule has 1 heterocycles. The Labute approximate surface area is 157 Å². The fraction of sp³-hybridized carbons (Fsp3) is 0.190. The van der Waals surface area contributed by atoms with Crippen LogP contribution in [0, 0.1) is 13.8 Å². The number of aryl methyl sites for hydroxylation is 1. The van der Waals surface area contributed by atoms with Gasteiger partial charge in [0.25, 0.3) is 5.91 Å². The zero-order valence-corrected chi connectivity index (χ0v) is 15.5. The summed E-state index contributed by atoms with van der Waals surface area (Å²) in [7, 11) is 1.32. The molecule has 3 rings (SSSR count). The van der Waals surface area contributed by atoms with Crippen molar-refractivity contribution in [1.29, 1.82) is 0 Å². The maximum Gasteiger partial charge on any atom is 0.337 e. The maximum atomic E-state index is 12.8. The van der Waals surface area contributed by atoms with Crippen molar-refractivity contribution in [2.45, 2.75) is 20.4 Å². The zero-order chi connectivity index (χ0) is 19.4. The van der Waals surface area contributed by atoms with Crippen LogP contribution in [0.25, 0.3) is 0 Å². The quantitative estimate of drug-likeness (QED) is 0.703. The van der Waals surface area contributed by atoms with Gasteiger partial charge in [0.2, 0.25) is 0 Å². The van der Waals surface area contributed by atoms with E-state index in [0.29, 0.717) is 29.1 Å². The molecule has 0 aliphatic carbocycles. The number of amides is 1. The van der Waals surface area contributed by atoms with Crippen molar-refractivity contribution in [2.75, 3.05) is 12.4 Å². The first-order chi connectivity index (χ1) is 13.0. The monoisotopic (exact) mass is 363 g/mol. The van der Waals surface area contributed by atoms with Gasteiger partial charge in [0, 0.05) is 11.4 Å². The van der Waals surface area contributed by atoms with Gasteiger partial charge in [-0.25, -0.2) is 4.79 Å². The van der Waals surface area contributed by atoms with Crippen LogP contribution in [0.15, 0.2) is 54.6 Å². The van der Waals surface area contributed by atoms with Crippen molar-refractivity contribution < 1.29 is 14.3 Å². The first-order valence-corrected chi connectivity index (χ1v) is 8.57. The highest BCUT2D eigenvalue weighted by atomic mass is 16.5. The number of nitrogens with zero attached hydrogens (tertiary/aromatic N) is 2. The summed E-state index contributed by atoms with van der Waals surface area (Å²) in [6, 6.07) is 16.6. The van der Waals surface area contributed by atoms with E-state index in [4.69, 9.17) is 4.74 Å². The summed E-state index contributed by atoms with van der Waals surface area (Å²) in [5.74, 6) is -0.708. The van der Waals surface area contributed by atoms with Gasteiger partial charge in [-0.05, 0) is 37.6 Å². The number of nitrogens with one attached hydrogen (secondary N) is 1. The van der Waals surface area contributed by atoms with E-state index in [1.54, 1.807) is 24.3 Å². The lowest BCUT2D eigenvalue weighted by Crippen LogP contribution is -2.15. The summed E-state index contributed by atoms with van der Waals surface area (Å²) in [6.45, 7) is 4.29. The average Bonchev–Trinajstić information content (AvgIpc) is 2.95. The lowest BCUT2D eigenvalue weighted by Gasteiger charge is -2.08. The SMILES string of the molecule is COC(=O)c1cccc(NC(=O)c2c(C)nn(Cc3ccccc3)c2C)c1. The van der Waals surface area contributed by atoms with Crippen molar-refractivity contribution in [3.63, 3.8) is 0 Å². The summed E-state index contributed by atoms with van der Waals surface area (Å²) in [4.78, 5) is 24.4. The largest absolute Gasteiger partial charge is 0.465 e. The Morgan fingerprint density at radius 2 is 1.81 bits per heavy atom. The van der Waals surface area contributed by atoms with Crippen LogP contribution < -0.4 is 5.32 Å². The van der Waals surface area contributed by atoms with E-state index in [9.17, 15) is 9.59 Å². The number of methoxy groups -OCH3 is 1. The number of benzene rings is 2. The van der Waals surface area contributed by atoms with Gasteiger partial charge >= 0.3 is 5.97 Å². The molecule has 0 saturated heterocycles. The third-order valence-electron chi connectivity index (χ3n) is 4.33. The molecule has 0 aliphatic rings. The molecule has 0 bridgehead atoms. The number of esters is 1. The molecule has 6 heteroatoms. The molecule has 2 aromatic carbocycles. The second-order valence-electron chi connectivity index (χ2n) is 6.22. The Bertz CT molecular complexity index is 978. The smallest absolute Gasteiger partial charge is 0.337 e. The molecule has 3 aromatic rings. The molecule has 0 atom stereocenters. The lowest BCUT2D eigenvalue weighted by atomic mass is 10.1. The molecule has 27 heavy (non-hydrogen) atoms. The van der Waals surface area contributed by atoms with Crippen LogP contribution in [-0.2, 0) is 11.3 Å². The van der Waals surface area contributed by atoms with Gasteiger partial charge in [0.15, 0.2) is 0 Å². The Morgan fingerprint density at radius 3 is 2.52 bits per heavy atom. The Hall–Kier alpha value is -3.41. The number of carbonyl (C=O) groups is 2. The van der Waals surface area contributed by atoms with E-state index in [1.807, 2.05) is 48.9 Å². The van der Waals surface area contributed by atoms with Crippen molar-refractivity contribution >= 4 is 17.6 Å². The number of hydrogen-bond acceptors (Lipinski definition) is 4. The van der Waals surface area contributed by atoms with Crippen LogP contribution in [0.4, 0.5) is 5.69 Å². The van der Waals surface area contributed by atoms with E-state index in [2.05, 4.69) is 10.4 Å². The first-order valence-electron chi connectivity index (χ1n) is 8.57. The molecule has 0 fully saturated rings. The van der Waals surface area contributed by atoms with Crippen LogP contribution in [-0.4, -0.2) is 28.8 Å². The third kappa shape index (κ3) is 4.06. The minimum atomic E-state index is -0.450. The molecule has 0 unspecified atom stereocenters. The molecule has 1 aromatic heterocycles. The number of rotatable bonds is 5. The molecular weight excluding hydrogens is 342 g/mol. The molecule has 0 saturated carbocycles. The fourth-order valence-electron chi connectivity index (χ4n) is 2.97. The van der Waals surface area contributed by atoms with Gasteiger partial charge in [0.05, 0.1) is 30.5 Å². The summed E-state index contributed by atoms with van der Waals surface area (Å²) < 4.78 is 6.54. The Morgan fingerprint density at radius 1 is 1.07 bits per heavy atom. The zero-order valence-electron chi connectivity index (χ0n) is 15.5. The van der Waals surface area contributed by atoms with E-state index < -0.39 is 5.97 Å². The molecule has 1 N–H and O–H groups in total. The van der Waals surface area contributed by atoms with Gasteiger partial charge in [-0.2, -0.15) is 5.10 Å². The van der Waals surface area contributed by atoms with Gasteiger partial charge in [-0.1, -0.05) is 36.4 Å². The van der Waals surface area contributed by atoms with Crippen molar-refractivity contribution in [2.24, 2.45) is 0 Å². The maximum absolute atomic E-state index is 12.8. The molecule has 1 amide bonds. The van der Waals surface area contributed by atoms with Gasteiger partial charge in [0.1, 0.15) is 0 Å². The topological polar surface area (TPSA) is 73.2 Å². The molecule has 0 aliphatic heterocycles. The summed E-state index contributed by atoms with van der Waals surface area (Å²) in [5, 5.41) is 7.35. The van der Waals surface area contributed by atoms with Crippen LogP contribution in [0.3, 0.4) is 0 Å². The second kappa shape index (κ2) is 7.86. The van der Waals surface area contributed by atoms with E-state index in [-0.39, 0.29) is 5.91 Å². The third-order valence-corrected chi connectivity index (χ3v) is 4.33. The fourth-order valence-corrected chi connectivity index (χ4v) is 2.97. The van der Waals surface area contributed by atoms with Gasteiger partial charge in [-0.15, -0.1) is 0 Å². The number of aromatic nitrogens is 2. The van der Waals surface area contributed by atoms with Crippen LogP contribution in [0.2, 0.25) is 0 Å². The Balaban J connectivity index is 1.82. The second-order valence-corrected chi connectivity index (χ2v) is 6.22. The molecular formula is C21H21N3O3. The summed E-state index contributed by atoms with van der Waals surface area (Å²) in [5.41, 5.74) is 4.00. The summed E-state index contributed by atoms with van der Waals surface area (Å²) in [6.07, 6.45) is 0. The molecule has 0 spiro atoms. The van der Waals surface area contributed by atoms with E-state index in [0.717, 1.165) is 11.3 Å². The van der Waals surface area contributed by atoms with E-state index >= 15 is 0 Å². The highest BCUT2D eigenvalue weighted by Crippen LogP contribution is 2.18. The van der Waals surface area contributed by atoms with Gasteiger partial charge < -0.3 is 10.1 Å². The van der Waals surface area contributed by atoms with Crippen molar-refractivity contribution in [3.8, 4) is 0 Å². The highest BCUT2D eigenvalue weighted by Gasteiger charge is 2.19. The van der Waals surface area contributed by atoms with Crippen LogP contribution in [0.1, 0.15) is 37.7 Å². The highest BCUT2D eigenvalue weighted by molar-refractivity contribution is 6.06. The van der Waals surface area contributed by atoms with Crippen molar-refractivity contribution in [1.82, 2.24) is 9.78 Å². The molecule has 138 valence electrons. The standard InChI is InChI=1S/C21H21N3O3/c1-14-19(15(2)24(23-14)13-16-8-5-4-6-9-16)20(25)22-18-11-7-10-17(12-18)21(26)27-3/h4-12H,13H2,1-3H3,(H,22,25). The van der Waals surface area contributed by atoms with Crippen LogP contribution in [0.5, 0.6) is 0 Å². The normalized spacial score (nSPS) is 10.5. The number of anilines is 1. The Kier molecular flexibility index (Phi) is 5.35. The van der Waals surface area contributed by atoms with E-state index in [1.165, 1.54) is 7.11 Å².